The van der Waals surface area contributed by atoms with Gasteiger partial charge in [-0.25, -0.2) is 0 Å². The maximum Gasteiger partial charge on any atom is 0.269 e. The number of nitrogens with one attached hydrogen (secondary N) is 2. The Bertz CT molecular complexity index is 802. The lowest BCUT2D eigenvalue weighted by Gasteiger charge is -2.05. The van der Waals surface area contributed by atoms with Crippen LogP contribution in [0.5, 0.6) is 0 Å². The molecule has 0 saturated carbocycles. The van der Waals surface area contributed by atoms with Gasteiger partial charge in [-0.05, 0) is 29.4 Å². The van der Waals surface area contributed by atoms with Crippen molar-refractivity contribution in [2.45, 2.75) is 0 Å². The Morgan fingerprint density at radius 3 is 2.42 bits per heavy atom. The van der Waals surface area contributed by atoms with E-state index in [4.69, 9.17) is 4.52 Å². The minimum atomic E-state index is -0.425. The molecular formula is C16H15N5O3. The summed E-state index contributed by atoms with van der Waals surface area (Å²) in [6, 6.07) is 15.8. The summed E-state index contributed by atoms with van der Waals surface area (Å²) < 4.78 is 5.19. The van der Waals surface area contributed by atoms with Crippen LogP contribution in [0, 0.1) is 10.1 Å². The number of nitro benzene ring substituents is 1. The minimum Gasteiger partial charge on any atom is -0.383 e. The Balaban J connectivity index is 1.47. The predicted molar refractivity (Wildman–Crippen MR) is 89.8 cm³/mol. The molecule has 2 aromatic carbocycles. The van der Waals surface area contributed by atoms with Crippen LogP contribution in [-0.4, -0.2) is 28.2 Å². The molecule has 0 amide bonds. The van der Waals surface area contributed by atoms with E-state index >= 15 is 0 Å². The van der Waals surface area contributed by atoms with Crippen molar-refractivity contribution in [2.24, 2.45) is 0 Å². The highest BCUT2D eigenvalue weighted by molar-refractivity contribution is 5.53. The molecule has 0 radical (unpaired) electrons. The molecule has 0 saturated heterocycles. The average Bonchev–Trinajstić information content (AvgIpc) is 3.09. The van der Waals surface area contributed by atoms with Crippen LogP contribution < -0.4 is 10.6 Å². The lowest BCUT2D eigenvalue weighted by molar-refractivity contribution is -0.384. The van der Waals surface area contributed by atoms with Gasteiger partial charge in [-0.2, -0.15) is 4.98 Å². The molecule has 0 unspecified atom stereocenters. The van der Waals surface area contributed by atoms with Crippen molar-refractivity contribution in [3.8, 4) is 11.5 Å². The fraction of sp³-hybridized carbons (Fsp3) is 0.125. The molecule has 0 fully saturated rings. The second kappa shape index (κ2) is 7.23. The third-order valence-corrected chi connectivity index (χ3v) is 3.26. The van der Waals surface area contributed by atoms with Crippen LogP contribution in [0.15, 0.2) is 59.1 Å². The minimum absolute atomic E-state index is 0.0684. The number of aromatic nitrogens is 2. The summed E-state index contributed by atoms with van der Waals surface area (Å²) in [6.45, 7) is 1.18. The Morgan fingerprint density at radius 1 is 1.00 bits per heavy atom. The van der Waals surface area contributed by atoms with Crippen molar-refractivity contribution in [3.63, 3.8) is 0 Å². The van der Waals surface area contributed by atoms with Crippen LogP contribution in [0.2, 0.25) is 0 Å². The van der Waals surface area contributed by atoms with Gasteiger partial charge in [-0.3, -0.25) is 10.1 Å². The summed E-state index contributed by atoms with van der Waals surface area (Å²) in [7, 11) is 0. The Labute approximate surface area is 137 Å². The highest BCUT2D eigenvalue weighted by Gasteiger charge is 2.07. The van der Waals surface area contributed by atoms with Gasteiger partial charge in [0.15, 0.2) is 0 Å². The molecule has 122 valence electrons. The van der Waals surface area contributed by atoms with Crippen LogP contribution in [0.4, 0.5) is 17.3 Å². The van der Waals surface area contributed by atoms with E-state index < -0.39 is 4.92 Å². The van der Waals surface area contributed by atoms with Crippen LogP contribution >= 0.6 is 0 Å². The molecule has 0 atom stereocenters. The number of hydrogen-bond acceptors (Lipinski definition) is 7. The molecule has 24 heavy (non-hydrogen) atoms. The zero-order valence-electron chi connectivity index (χ0n) is 12.7. The van der Waals surface area contributed by atoms with Crippen molar-refractivity contribution in [3.05, 3.63) is 64.7 Å². The fourth-order valence-corrected chi connectivity index (χ4v) is 2.08. The highest BCUT2D eigenvalue weighted by Crippen LogP contribution is 2.18. The van der Waals surface area contributed by atoms with Gasteiger partial charge in [0.2, 0.25) is 0 Å². The quantitative estimate of drug-likeness (QED) is 0.390. The summed E-state index contributed by atoms with van der Waals surface area (Å²) in [5.74, 6) is 0.876. The zero-order valence-corrected chi connectivity index (χ0v) is 12.7. The van der Waals surface area contributed by atoms with Crippen molar-refractivity contribution >= 4 is 17.3 Å². The van der Waals surface area contributed by atoms with Gasteiger partial charge in [0.05, 0.1) is 4.92 Å². The van der Waals surface area contributed by atoms with E-state index in [0.29, 0.717) is 24.9 Å². The van der Waals surface area contributed by atoms with Crippen LogP contribution in [0.25, 0.3) is 11.5 Å². The first kappa shape index (κ1) is 15.5. The molecule has 3 aromatic rings. The van der Waals surface area contributed by atoms with Gasteiger partial charge < -0.3 is 15.2 Å². The first-order valence-electron chi connectivity index (χ1n) is 7.34. The average molecular weight is 325 g/mol. The molecule has 0 bridgehead atoms. The predicted octanol–water partition coefficient (Wildman–Crippen LogP) is 3.17. The molecule has 2 N–H and O–H groups in total. The topological polar surface area (TPSA) is 106 Å². The van der Waals surface area contributed by atoms with Crippen molar-refractivity contribution in [1.82, 2.24) is 10.1 Å². The van der Waals surface area contributed by atoms with Gasteiger partial charge in [0, 0.05) is 36.5 Å². The van der Waals surface area contributed by atoms with Gasteiger partial charge in [0.25, 0.3) is 17.5 Å². The molecule has 1 aromatic heterocycles. The lowest BCUT2D eigenvalue weighted by atomic mass is 10.2. The maximum absolute atomic E-state index is 10.6. The van der Waals surface area contributed by atoms with Gasteiger partial charge in [-0.15, -0.1) is 0 Å². The zero-order chi connectivity index (χ0) is 16.8. The summed E-state index contributed by atoms with van der Waals surface area (Å²) in [6.07, 6.45) is 0. The number of hydrogen-bond donors (Lipinski definition) is 2. The smallest absolute Gasteiger partial charge is 0.269 e. The fourth-order valence-electron chi connectivity index (χ4n) is 2.08. The molecule has 8 heteroatoms. The van der Waals surface area contributed by atoms with E-state index in [1.807, 2.05) is 30.3 Å². The van der Waals surface area contributed by atoms with E-state index in [1.165, 1.54) is 12.1 Å². The normalized spacial score (nSPS) is 10.3. The van der Waals surface area contributed by atoms with E-state index in [-0.39, 0.29) is 5.69 Å². The SMILES string of the molecule is O=[N+]([O-])c1ccc(NCCNc2noc(-c3ccccc3)n2)cc1. The monoisotopic (exact) mass is 325 g/mol. The van der Waals surface area contributed by atoms with E-state index in [2.05, 4.69) is 20.8 Å². The summed E-state index contributed by atoms with van der Waals surface area (Å²) in [5, 5.41) is 20.7. The molecular weight excluding hydrogens is 310 g/mol. The molecule has 0 aliphatic carbocycles. The molecule has 8 nitrogen and oxygen atoms in total. The molecule has 0 aliphatic rings. The number of non-ortho nitro benzene ring substituents is 1. The van der Waals surface area contributed by atoms with Crippen molar-refractivity contribution in [1.29, 1.82) is 0 Å². The molecule has 0 aliphatic heterocycles. The van der Waals surface area contributed by atoms with Gasteiger partial charge in [-0.1, -0.05) is 18.2 Å². The molecule has 1 heterocycles. The maximum atomic E-state index is 10.6. The summed E-state index contributed by atoms with van der Waals surface area (Å²) in [4.78, 5) is 14.4. The second-order valence-corrected chi connectivity index (χ2v) is 4.95. The number of benzene rings is 2. The number of rotatable bonds is 7. The van der Waals surface area contributed by atoms with Crippen LogP contribution in [-0.2, 0) is 0 Å². The largest absolute Gasteiger partial charge is 0.383 e. The standard InChI is InChI=1S/C16H15N5O3/c22-21(23)14-8-6-13(7-9-14)17-10-11-18-16-19-15(24-20-16)12-4-2-1-3-5-12/h1-9,17H,10-11H2,(H,18,20). The number of anilines is 2. The number of nitro groups is 1. The van der Waals surface area contributed by atoms with Gasteiger partial charge in [0.1, 0.15) is 0 Å². The van der Waals surface area contributed by atoms with E-state index in [0.717, 1.165) is 11.3 Å². The van der Waals surface area contributed by atoms with E-state index in [9.17, 15) is 10.1 Å². The summed E-state index contributed by atoms with van der Waals surface area (Å²) in [5.41, 5.74) is 1.74. The van der Waals surface area contributed by atoms with E-state index in [1.54, 1.807) is 12.1 Å². The van der Waals surface area contributed by atoms with Gasteiger partial charge >= 0.3 is 0 Å². The van der Waals surface area contributed by atoms with Crippen LogP contribution in [0.1, 0.15) is 0 Å². The Morgan fingerprint density at radius 2 is 1.71 bits per heavy atom. The number of nitrogens with zero attached hydrogens (tertiary/aromatic N) is 3. The Hall–Kier alpha value is -3.42. The molecule has 0 spiro atoms. The lowest BCUT2D eigenvalue weighted by Crippen LogP contribution is -2.14. The van der Waals surface area contributed by atoms with Crippen molar-refractivity contribution in [2.75, 3.05) is 23.7 Å². The van der Waals surface area contributed by atoms with Crippen molar-refractivity contribution < 1.29 is 9.45 Å². The third kappa shape index (κ3) is 3.86. The second-order valence-electron chi connectivity index (χ2n) is 4.95. The summed E-state index contributed by atoms with van der Waals surface area (Å²) >= 11 is 0. The molecule has 3 rings (SSSR count). The Kier molecular flexibility index (Phi) is 4.66. The third-order valence-electron chi connectivity index (χ3n) is 3.26. The first-order valence-corrected chi connectivity index (χ1v) is 7.34. The first-order chi connectivity index (χ1) is 11.7. The highest BCUT2D eigenvalue weighted by atomic mass is 16.6. The van der Waals surface area contributed by atoms with Crippen LogP contribution in [0.3, 0.4) is 0 Å².